The summed E-state index contributed by atoms with van der Waals surface area (Å²) in [6.45, 7) is 2.28. The Labute approximate surface area is 132 Å². The molecule has 0 amide bonds. The monoisotopic (exact) mass is 382 g/mol. The molecule has 0 radical (unpaired) electrons. The molecule has 2 heteroatoms. The van der Waals surface area contributed by atoms with Gasteiger partial charge in [-0.25, -0.2) is 0 Å². The van der Waals surface area contributed by atoms with E-state index in [2.05, 4.69) is 38.8 Å². The summed E-state index contributed by atoms with van der Waals surface area (Å²) < 4.78 is 0. The van der Waals surface area contributed by atoms with Crippen LogP contribution in [-0.2, 0) is 0 Å². The van der Waals surface area contributed by atoms with Gasteiger partial charge in [0, 0.05) is 10.2 Å². The number of alkyl halides is 2. The predicted molar refractivity (Wildman–Crippen MR) is 92.2 cm³/mol. The lowest BCUT2D eigenvalue weighted by atomic mass is 10.0. The van der Waals surface area contributed by atoms with Crippen LogP contribution in [0.4, 0.5) is 0 Å². The Balaban J connectivity index is 3.02. The molecule has 0 rings (SSSR count). The number of rotatable bonds is 14. The zero-order chi connectivity index (χ0) is 13.5. The Kier molecular flexibility index (Phi) is 16.9. The summed E-state index contributed by atoms with van der Waals surface area (Å²) in [5.41, 5.74) is 0. The van der Waals surface area contributed by atoms with Crippen molar-refractivity contribution < 1.29 is 0 Å². The van der Waals surface area contributed by atoms with Crippen LogP contribution >= 0.6 is 31.9 Å². The lowest BCUT2D eigenvalue weighted by Gasteiger charge is -2.08. The van der Waals surface area contributed by atoms with E-state index in [1.54, 1.807) is 0 Å². The highest BCUT2D eigenvalue weighted by molar-refractivity contribution is 9.09. The molecule has 0 aliphatic carbocycles. The average Bonchev–Trinajstić information content (AvgIpc) is 2.38. The van der Waals surface area contributed by atoms with Gasteiger partial charge in [0.1, 0.15) is 0 Å². The Morgan fingerprint density at radius 2 is 1.11 bits per heavy atom. The first kappa shape index (κ1) is 19.0. The Morgan fingerprint density at radius 1 is 0.667 bits per heavy atom. The molecular weight excluding hydrogens is 352 g/mol. The van der Waals surface area contributed by atoms with Crippen LogP contribution < -0.4 is 0 Å². The highest BCUT2D eigenvalue weighted by Gasteiger charge is 2.02. The van der Waals surface area contributed by atoms with Crippen molar-refractivity contribution in [1.29, 1.82) is 0 Å². The topological polar surface area (TPSA) is 0 Å². The molecule has 0 spiro atoms. The third-order valence-corrected chi connectivity index (χ3v) is 5.00. The van der Waals surface area contributed by atoms with Gasteiger partial charge in [0.2, 0.25) is 0 Å². The van der Waals surface area contributed by atoms with Crippen molar-refractivity contribution in [2.24, 2.45) is 0 Å². The Bertz CT molecular complexity index is 148. The molecule has 0 aromatic heterocycles. The fraction of sp³-hybridized carbons (Fsp3) is 1.00. The van der Waals surface area contributed by atoms with Crippen molar-refractivity contribution in [2.75, 3.05) is 5.33 Å². The molecule has 0 fully saturated rings. The SMILES string of the molecule is CCCCC(Br)CCCCCCCCCCCBr. The normalized spacial score (nSPS) is 12.8. The second kappa shape index (κ2) is 16.0. The largest absolute Gasteiger partial charge is 0.0928 e. The van der Waals surface area contributed by atoms with E-state index in [1.165, 1.54) is 88.8 Å². The zero-order valence-corrected chi connectivity index (χ0v) is 15.4. The average molecular weight is 384 g/mol. The maximum absolute atomic E-state index is 3.79. The van der Waals surface area contributed by atoms with Crippen LogP contribution in [0, 0.1) is 0 Å². The summed E-state index contributed by atoms with van der Waals surface area (Å²) in [7, 11) is 0. The van der Waals surface area contributed by atoms with Crippen molar-refractivity contribution in [3.05, 3.63) is 0 Å². The minimum Gasteiger partial charge on any atom is -0.0928 e. The van der Waals surface area contributed by atoms with Gasteiger partial charge in [0.25, 0.3) is 0 Å². The second-order valence-corrected chi connectivity index (χ2v) is 7.49. The van der Waals surface area contributed by atoms with Crippen LogP contribution in [0.25, 0.3) is 0 Å². The fourth-order valence-electron chi connectivity index (χ4n) is 2.27. The maximum Gasteiger partial charge on any atom is 0.0145 e. The van der Waals surface area contributed by atoms with Gasteiger partial charge in [0.15, 0.2) is 0 Å². The molecular formula is C16H32Br2. The van der Waals surface area contributed by atoms with Crippen LogP contribution in [0.5, 0.6) is 0 Å². The third kappa shape index (κ3) is 15.0. The van der Waals surface area contributed by atoms with Gasteiger partial charge < -0.3 is 0 Å². The van der Waals surface area contributed by atoms with E-state index >= 15 is 0 Å². The van der Waals surface area contributed by atoms with Crippen LogP contribution in [0.15, 0.2) is 0 Å². The van der Waals surface area contributed by atoms with Gasteiger partial charge in [0.05, 0.1) is 0 Å². The van der Waals surface area contributed by atoms with E-state index in [9.17, 15) is 0 Å². The molecule has 0 heterocycles. The van der Waals surface area contributed by atoms with Crippen molar-refractivity contribution >= 4 is 31.9 Å². The van der Waals surface area contributed by atoms with E-state index < -0.39 is 0 Å². The highest BCUT2D eigenvalue weighted by atomic mass is 79.9. The molecule has 1 unspecified atom stereocenters. The molecule has 0 aliphatic heterocycles. The van der Waals surface area contributed by atoms with Crippen molar-refractivity contribution in [2.45, 2.75) is 95.2 Å². The van der Waals surface area contributed by atoms with Gasteiger partial charge in [-0.15, -0.1) is 0 Å². The van der Waals surface area contributed by atoms with Crippen LogP contribution in [0.3, 0.4) is 0 Å². The standard InChI is InChI=1S/C16H32Br2/c1-2-3-13-16(18)14-11-9-7-5-4-6-8-10-12-15-17/h16H,2-15H2,1H3. The third-order valence-electron chi connectivity index (χ3n) is 3.52. The second-order valence-electron chi connectivity index (χ2n) is 5.40. The predicted octanol–water partition coefficient (Wildman–Crippen LogP) is 7.24. The number of unbranched alkanes of at least 4 members (excludes halogenated alkanes) is 9. The first-order valence-corrected chi connectivity index (χ1v) is 10.0. The van der Waals surface area contributed by atoms with Gasteiger partial charge >= 0.3 is 0 Å². The maximum atomic E-state index is 3.79. The quantitative estimate of drug-likeness (QED) is 0.219. The molecule has 0 bridgehead atoms. The van der Waals surface area contributed by atoms with Crippen LogP contribution in [-0.4, -0.2) is 10.2 Å². The van der Waals surface area contributed by atoms with Gasteiger partial charge in [-0.05, 0) is 19.3 Å². The summed E-state index contributed by atoms with van der Waals surface area (Å²) in [5, 5.41) is 1.18. The summed E-state index contributed by atoms with van der Waals surface area (Å²) >= 11 is 7.28. The van der Waals surface area contributed by atoms with Crippen molar-refractivity contribution in [3.63, 3.8) is 0 Å². The minimum absolute atomic E-state index is 0.779. The first-order chi connectivity index (χ1) is 8.81. The number of hydrogen-bond donors (Lipinski definition) is 0. The van der Waals surface area contributed by atoms with Gasteiger partial charge in [-0.2, -0.15) is 0 Å². The molecule has 0 aliphatic rings. The molecule has 0 saturated heterocycles. The van der Waals surface area contributed by atoms with Gasteiger partial charge in [-0.3, -0.25) is 0 Å². The van der Waals surface area contributed by atoms with E-state index in [0.29, 0.717) is 0 Å². The van der Waals surface area contributed by atoms with Crippen molar-refractivity contribution in [3.8, 4) is 0 Å². The van der Waals surface area contributed by atoms with Crippen LogP contribution in [0.2, 0.25) is 0 Å². The lowest BCUT2D eigenvalue weighted by Crippen LogP contribution is -1.97. The smallest absolute Gasteiger partial charge is 0.0145 e. The molecule has 18 heavy (non-hydrogen) atoms. The minimum atomic E-state index is 0.779. The summed E-state index contributed by atoms with van der Waals surface area (Å²) in [6, 6.07) is 0. The zero-order valence-electron chi connectivity index (χ0n) is 12.2. The molecule has 1 atom stereocenters. The highest BCUT2D eigenvalue weighted by Crippen LogP contribution is 2.18. The Morgan fingerprint density at radius 3 is 1.61 bits per heavy atom. The number of hydrogen-bond acceptors (Lipinski definition) is 0. The molecule has 0 aromatic carbocycles. The van der Waals surface area contributed by atoms with E-state index in [-0.39, 0.29) is 0 Å². The summed E-state index contributed by atoms with van der Waals surface area (Å²) in [6.07, 6.45) is 18.3. The molecule has 0 N–H and O–H groups in total. The molecule has 0 saturated carbocycles. The van der Waals surface area contributed by atoms with E-state index in [0.717, 1.165) is 4.83 Å². The molecule has 0 aromatic rings. The Hall–Kier alpha value is 0.960. The number of halogens is 2. The van der Waals surface area contributed by atoms with Crippen molar-refractivity contribution in [1.82, 2.24) is 0 Å². The summed E-state index contributed by atoms with van der Waals surface area (Å²) in [5.74, 6) is 0. The first-order valence-electron chi connectivity index (χ1n) is 8.01. The van der Waals surface area contributed by atoms with E-state index in [4.69, 9.17) is 0 Å². The fourth-order valence-corrected chi connectivity index (χ4v) is 3.31. The lowest BCUT2D eigenvalue weighted by molar-refractivity contribution is 0.545. The van der Waals surface area contributed by atoms with Crippen LogP contribution in [0.1, 0.15) is 90.4 Å². The molecule has 110 valence electrons. The van der Waals surface area contributed by atoms with E-state index in [1.807, 2.05) is 0 Å². The molecule has 0 nitrogen and oxygen atoms in total. The van der Waals surface area contributed by atoms with Gasteiger partial charge in [-0.1, -0.05) is 103 Å². The summed E-state index contributed by atoms with van der Waals surface area (Å²) in [4.78, 5) is 0.779.